The van der Waals surface area contributed by atoms with Gasteiger partial charge >= 0.3 is 0 Å². The normalized spacial score (nSPS) is 12.8. The number of rotatable bonds is 6. The highest BCUT2D eigenvalue weighted by molar-refractivity contribution is 5.53. The summed E-state index contributed by atoms with van der Waals surface area (Å²) in [6.07, 6.45) is 2.21. The van der Waals surface area contributed by atoms with E-state index in [2.05, 4.69) is 51.2 Å². The van der Waals surface area contributed by atoms with E-state index in [4.69, 9.17) is 5.73 Å². The zero-order chi connectivity index (χ0) is 12.8. The van der Waals surface area contributed by atoms with Crippen molar-refractivity contribution in [3.8, 4) is 0 Å². The molecule has 3 N–H and O–H groups in total. The molecule has 0 aliphatic carbocycles. The van der Waals surface area contributed by atoms with Crippen LogP contribution in [-0.4, -0.2) is 12.6 Å². The highest BCUT2D eigenvalue weighted by Crippen LogP contribution is 2.22. The van der Waals surface area contributed by atoms with Crippen LogP contribution in [0.25, 0.3) is 0 Å². The molecule has 1 unspecified atom stereocenters. The molecule has 0 spiro atoms. The van der Waals surface area contributed by atoms with E-state index in [9.17, 15) is 0 Å². The number of aryl methyl sites for hydroxylation is 1. The van der Waals surface area contributed by atoms with Crippen molar-refractivity contribution in [3.63, 3.8) is 0 Å². The Morgan fingerprint density at radius 2 is 1.94 bits per heavy atom. The molecule has 1 rings (SSSR count). The largest absolute Gasteiger partial charge is 0.385 e. The summed E-state index contributed by atoms with van der Waals surface area (Å²) >= 11 is 0. The lowest BCUT2D eigenvalue weighted by atomic mass is 10.0. The molecule has 17 heavy (non-hydrogen) atoms. The molecule has 1 atom stereocenters. The monoisotopic (exact) mass is 234 g/mol. The lowest BCUT2D eigenvalue weighted by Crippen LogP contribution is -2.16. The number of hydrogen-bond donors (Lipinski definition) is 2. The van der Waals surface area contributed by atoms with Gasteiger partial charge in [0.1, 0.15) is 0 Å². The number of anilines is 1. The molecule has 0 saturated carbocycles. The van der Waals surface area contributed by atoms with Crippen molar-refractivity contribution in [1.29, 1.82) is 0 Å². The Morgan fingerprint density at radius 1 is 1.24 bits per heavy atom. The smallest absolute Gasteiger partial charge is 0.0372 e. The zero-order valence-corrected chi connectivity index (χ0v) is 11.6. The Kier molecular flexibility index (Phi) is 5.49. The fraction of sp³-hybridized carbons (Fsp3) is 0.600. The van der Waals surface area contributed by atoms with Gasteiger partial charge in [0, 0.05) is 18.3 Å². The van der Waals surface area contributed by atoms with E-state index >= 15 is 0 Å². The lowest BCUT2D eigenvalue weighted by molar-refractivity contribution is 0.639. The van der Waals surface area contributed by atoms with Crippen molar-refractivity contribution in [1.82, 2.24) is 0 Å². The molecule has 0 heterocycles. The van der Waals surface area contributed by atoms with Gasteiger partial charge in [-0.3, -0.25) is 0 Å². The maximum absolute atomic E-state index is 5.74. The zero-order valence-electron chi connectivity index (χ0n) is 11.6. The van der Waals surface area contributed by atoms with E-state index in [1.807, 2.05) is 0 Å². The molecule has 2 heteroatoms. The van der Waals surface area contributed by atoms with Crippen LogP contribution in [0.15, 0.2) is 18.2 Å². The van der Waals surface area contributed by atoms with Crippen molar-refractivity contribution in [2.45, 2.75) is 52.5 Å². The molecule has 1 aromatic carbocycles. The minimum Gasteiger partial charge on any atom is -0.385 e. The highest BCUT2D eigenvalue weighted by Gasteiger charge is 2.03. The van der Waals surface area contributed by atoms with E-state index < -0.39 is 0 Å². The first kappa shape index (κ1) is 14.0. The van der Waals surface area contributed by atoms with Crippen LogP contribution in [-0.2, 0) is 0 Å². The predicted molar refractivity (Wildman–Crippen MR) is 76.6 cm³/mol. The van der Waals surface area contributed by atoms with E-state index in [0.29, 0.717) is 12.0 Å². The molecule has 1 aromatic rings. The maximum atomic E-state index is 5.74. The van der Waals surface area contributed by atoms with Crippen LogP contribution in [0.1, 0.15) is 50.7 Å². The molecule has 0 radical (unpaired) electrons. The Morgan fingerprint density at radius 3 is 2.53 bits per heavy atom. The second kappa shape index (κ2) is 6.65. The van der Waals surface area contributed by atoms with Gasteiger partial charge in [-0.15, -0.1) is 0 Å². The Hall–Kier alpha value is -1.02. The van der Waals surface area contributed by atoms with E-state index in [1.54, 1.807) is 0 Å². The van der Waals surface area contributed by atoms with Crippen LogP contribution in [0.5, 0.6) is 0 Å². The number of nitrogens with two attached hydrogens (primary N) is 1. The maximum Gasteiger partial charge on any atom is 0.0372 e. The molecule has 0 saturated heterocycles. The fourth-order valence-electron chi connectivity index (χ4n) is 1.84. The first-order valence-corrected chi connectivity index (χ1v) is 6.60. The number of nitrogens with one attached hydrogen (secondary N) is 1. The molecule has 0 fully saturated rings. The quantitative estimate of drug-likeness (QED) is 0.737. The van der Waals surface area contributed by atoms with Gasteiger partial charge < -0.3 is 11.1 Å². The summed E-state index contributed by atoms with van der Waals surface area (Å²) in [6, 6.07) is 6.99. The van der Waals surface area contributed by atoms with E-state index in [-0.39, 0.29) is 0 Å². The topological polar surface area (TPSA) is 38.0 Å². The van der Waals surface area contributed by atoms with Crippen LogP contribution in [0.2, 0.25) is 0 Å². The highest BCUT2D eigenvalue weighted by atomic mass is 14.9. The van der Waals surface area contributed by atoms with Gasteiger partial charge in [0.2, 0.25) is 0 Å². The SMILES string of the molecule is Cc1ccc(C(C)C)cc1NCCCC(C)N. The number of benzene rings is 1. The van der Waals surface area contributed by atoms with Gasteiger partial charge in [-0.05, 0) is 49.8 Å². The fourth-order valence-corrected chi connectivity index (χ4v) is 1.84. The van der Waals surface area contributed by atoms with Crippen molar-refractivity contribution in [2.75, 3.05) is 11.9 Å². The summed E-state index contributed by atoms with van der Waals surface area (Å²) in [4.78, 5) is 0. The second-order valence-electron chi connectivity index (χ2n) is 5.28. The van der Waals surface area contributed by atoms with E-state index in [1.165, 1.54) is 16.8 Å². The van der Waals surface area contributed by atoms with Gasteiger partial charge in [0.15, 0.2) is 0 Å². The molecule has 0 bridgehead atoms. The molecule has 0 aliphatic heterocycles. The summed E-state index contributed by atoms with van der Waals surface area (Å²) < 4.78 is 0. The number of hydrogen-bond acceptors (Lipinski definition) is 2. The standard InChI is InChI=1S/C15H26N2/c1-11(2)14-8-7-12(3)15(10-14)17-9-5-6-13(4)16/h7-8,10-11,13,17H,5-6,9,16H2,1-4H3. The third-order valence-corrected chi connectivity index (χ3v) is 3.08. The lowest BCUT2D eigenvalue weighted by Gasteiger charge is -2.13. The van der Waals surface area contributed by atoms with Crippen molar-refractivity contribution < 1.29 is 0 Å². The molecule has 96 valence electrons. The van der Waals surface area contributed by atoms with Crippen molar-refractivity contribution >= 4 is 5.69 Å². The summed E-state index contributed by atoms with van der Waals surface area (Å²) in [5.74, 6) is 0.584. The minimum absolute atomic E-state index is 0.305. The average Bonchev–Trinajstić information content (AvgIpc) is 2.25. The molecule has 0 aliphatic rings. The second-order valence-corrected chi connectivity index (χ2v) is 5.28. The molecule has 2 nitrogen and oxygen atoms in total. The average molecular weight is 234 g/mol. The van der Waals surface area contributed by atoms with Crippen molar-refractivity contribution in [2.24, 2.45) is 5.73 Å². The Labute approximate surface area is 106 Å². The van der Waals surface area contributed by atoms with Gasteiger partial charge in [-0.25, -0.2) is 0 Å². The first-order valence-electron chi connectivity index (χ1n) is 6.60. The summed E-state index contributed by atoms with van der Waals surface area (Å²) in [6.45, 7) is 9.67. The summed E-state index contributed by atoms with van der Waals surface area (Å²) in [5.41, 5.74) is 9.71. The summed E-state index contributed by atoms with van der Waals surface area (Å²) in [5, 5.41) is 3.51. The Balaban J connectivity index is 2.54. The van der Waals surface area contributed by atoms with Crippen molar-refractivity contribution in [3.05, 3.63) is 29.3 Å². The van der Waals surface area contributed by atoms with Crippen LogP contribution < -0.4 is 11.1 Å². The molecular formula is C15H26N2. The molecule has 0 amide bonds. The van der Waals surface area contributed by atoms with Gasteiger partial charge in [0.25, 0.3) is 0 Å². The van der Waals surface area contributed by atoms with Crippen LogP contribution in [0, 0.1) is 6.92 Å². The third kappa shape index (κ3) is 4.78. The van der Waals surface area contributed by atoms with Crippen LogP contribution >= 0.6 is 0 Å². The minimum atomic E-state index is 0.305. The molecular weight excluding hydrogens is 208 g/mol. The molecule has 0 aromatic heterocycles. The van der Waals surface area contributed by atoms with E-state index in [0.717, 1.165) is 19.4 Å². The first-order chi connectivity index (χ1) is 8.00. The third-order valence-electron chi connectivity index (χ3n) is 3.08. The summed E-state index contributed by atoms with van der Waals surface area (Å²) in [7, 11) is 0. The van der Waals surface area contributed by atoms with Crippen LogP contribution in [0.4, 0.5) is 5.69 Å². The Bertz CT molecular complexity index is 343. The van der Waals surface area contributed by atoms with Gasteiger partial charge in [0.05, 0.1) is 0 Å². The van der Waals surface area contributed by atoms with Crippen LogP contribution in [0.3, 0.4) is 0 Å². The van der Waals surface area contributed by atoms with Gasteiger partial charge in [-0.2, -0.15) is 0 Å². The van der Waals surface area contributed by atoms with Gasteiger partial charge in [-0.1, -0.05) is 26.0 Å². The predicted octanol–water partition coefficient (Wildman–Crippen LogP) is 3.66.